The summed E-state index contributed by atoms with van der Waals surface area (Å²) >= 11 is 0. The molecule has 0 aromatic carbocycles. The first-order valence-electron chi connectivity index (χ1n) is 7.95. The van der Waals surface area contributed by atoms with Crippen molar-refractivity contribution in [2.75, 3.05) is 6.54 Å². The van der Waals surface area contributed by atoms with E-state index in [9.17, 15) is 0 Å². The van der Waals surface area contributed by atoms with Crippen molar-refractivity contribution in [3.05, 3.63) is 17.5 Å². The molecule has 2 N–H and O–H groups in total. The Balaban J connectivity index is 2.07. The van der Waals surface area contributed by atoms with E-state index in [2.05, 4.69) is 38.9 Å². The normalized spacial score (nSPS) is 27.8. The third-order valence-electron chi connectivity index (χ3n) is 5.36. The Labute approximate surface area is 123 Å². The van der Waals surface area contributed by atoms with Crippen LogP contribution < -0.4 is 5.73 Å². The van der Waals surface area contributed by atoms with Crippen molar-refractivity contribution in [2.24, 2.45) is 29.5 Å². The van der Waals surface area contributed by atoms with Gasteiger partial charge in [-0.2, -0.15) is 5.10 Å². The van der Waals surface area contributed by atoms with E-state index < -0.39 is 0 Å². The first kappa shape index (κ1) is 15.6. The van der Waals surface area contributed by atoms with Crippen LogP contribution in [0.3, 0.4) is 0 Å². The van der Waals surface area contributed by atoms with Crippen LogP contribution in [-0.4, -0.2) is 16.3 Å². The molecular weight excluding hydrogens is 246 g/mol. The van der Waals surface area contributed by atoms with Crippen LogP contribution in [0.25, 0.3) is 0 Å². The zero-order valence-electron chi connectivity index (χ0n) is 13.9. The van der Waals surface area contributed by atoms with Crippen molar-refractivity contribution < 1.29 is 0 Å². The van der Waals surface area contributed by atoms with Crippen LogP contribution in [-0.2, 0) is 13.5 Å². The summed E-state index contributed by atoms with van der Waals surface area (Å²) in [5, 5.41) is 4.47. The van der Waals surface area contributed by atoms with Crippen molar-refractivity contribution in [1.29, 1.82) is 0 Å². The highest BCUT2D eigenvalue weighted by molar-refractivity contribution is 5.12. The number of aromatic nitrogens is 2. The summed E-state index contributed by atoms with van der Waals surface area (Å²) in [6.07, 6.45) is 6.23. The average Bonchev–Trinajstić information content (AvgIpc) is 2.67. The van der Waals surface area contributed by atoms with E-state index in [1.165, 1.54) is 31.4 Å². The molecule has 3 nitrogen and oxygen atoms in total. The van der Waals surface area contributed by atoms with Crippen molar-refractivity contribution >= 4 is 0 Å². The molecule has 0 atom stereocenters. The number of nitrogens with zero attached hydrogens (tertiary/aromatic N) is 2. The number of hydrogen-bond acceptors (Lipinski definition) is 2. The molecule has 0 saturated heterocycles. The first-order chi connectivity index (χ1) is 9.26. The standard InChI is InChI=1S/C17H31N3/c1-13-10-15(20(5)19-13)11-17(12-18)8-6-14(7-9-17)16(2,3)4/h10,14H,6-9,11-12,18H2,1-5H3. The molecule has 0 aliphatic heterocycles. The van der Waals surface area contributed by atoms with Gasteiger partial charge in [0.25, 0.3) is 0 Å². The molecular formula is C17H31N3. The van der Waals surface area contributed by atoms with Gasteiger partial charge in [-0.15, -0.1) is 0 Å². The van der Waals surface area contributed by atoms with Gasteiger partial charge in [0.1, 0.15) is 0 Å². The topological polar surface area (TPSA) is 43.8 Å². The van der Waals surface area contributed by atoms with Crippen LogP contribution in [0, 0.1) is 23.7 Å². The second kappa shape index (κ2) is 5.51. The van der Waals surface area contributed by atoms with Crippen molar-refractivity contribution in [1.82, 2.24) is 9.78 Å². The van der Waals surface area contributed by atoms with Gasteiger partial charge in [-0.1, -0.05) is 20.8 Å². The summed E-state index contributed by atoms with van der Waals surface area (Å²) < 4.78 is 2.03. The summed E-state index contributed by atoms with van der Waals surface area (Å²) in [6.45, 7) is 9.98. The number of hydrogen-bond donors (Lipinski definition) is 1. The van der Waals surface area contributed by atoms with E-state index in [1.807, 2.05) is 11.7 Å². The predicted molar refractivity (Wildman–Crippen MR) is 84.5 cm³/mol. The maximum Gasteiger partial charge on any atom is 0.0596 e. The fourth-order valence-corrected chi connectivity index (χ4v) is 3.76. The van der Waals surface area contributed by atoms with E-state index in [0.717, 1.165) is 24.6 Å². The summed E-state index contributed by atoms with van der Waals surface area (Å²) in [4.78, 5) is 0. The molecule has 3 heteroatoms. The van der Waals surface area contributed by atoms with Crippen LogP contribution in [0.1, 0.15) is 57.8 Å². The van der Waals surface area contributed by atoms with Crippen LogP contribution in [0.5, 0.6) is 0 Å². The molecule has 1 heterocycles. The largest absolute Gasteiger partial charge is 0.330 e. The van der Waals surface area contributed by atoms with Gasteiger partial charge in [-0.05, 0) is 68.4 Å². The zero-order valence-corrected chi connectivity index (χ0v) is 13.9. The van der Waals surface area contributed by atoms with Gasteiger partial charge < -0.3 is 5.73 Å². The number of nitrogens with two attached hydrogens (primary N) is 1. The number of aryl methyl sites for hydroxylation is 2. The van der Waals surface area contributed by atoms with E-state index in [0.29, 0.717) is 10.8 Å². The molecule has 1 aliphatic carbocycles. The Kier molecular flexibility index (Phi) is 4.29. The molecule has 1 fully saturated rings. The number of rotatable bonds is 3. The third kappa shape index (κ3) is 3.25. The maximum atomic E-state index is 6.17. The summed E-state index contributed by atoms with van der Waals surface area (Å²) in [7, 11) is 2.05. The minimum atomic E-state index is 0.294. The summed E-state index contributed by atoms with van der Waals surface area (Å²) in [6, 6.07) is 2.22. The summed E-state index contributed by atoms with van der Waals surface area (Å²) in [5.74, 6) is 0.843. The Bertz CT molecular complexity index is 445. The van der Waals surface area contributed by atoms with Crippen LogP contribution >= 0.6 is 0 Å². The SMILES string of the molecule is Cc1cc(CC2(CN)CCC(C(C)(C)C)CC2)n(C)n1. The molecule has 1 saturated carbocycles. The molecule has 114 valence electrons. The van der Waals surface area contributed by atoms with Crippen LogP contribution in [0.15, 0.2) is 6.07 Å². The predicted octanol–water partition coefficient (Wildman–Crippen LogP) is 3.45. The third-order valence-corrected chi connectivity index (χ3v) is 5.36. The van der Waals surface area contributed by atoms with Crippen molar-refractivity contribution in [2.45, 2.75) is 59.8 Å². The van der Waals surface area contributed by atoms with Gasteiger partial charge in [0.2, 0.25) is 0 Å². The van der Waals surface area contributed by atoms with Crippen LogP contribution in [0.4, 0.5) is 0 Å². The van der Waals surface area contributed by atoms with Gasteiger partial charge in [-0.3, -0.25) is 4.68 Å². The fourth-order valence-electron chi connectivity index (χ4n) is 3.76. The fraction of sp³-hybridized carbons (Fsp3) is 0.824. The van der Waals surface area contributed by atoms with E-state index in [4.69, 9.17) is 5.73 Å². The quantitative estimate of drug-likeness (QED) is 0.919. The molecule has 0 unspecified atom stereocenters. The highest BCUT2D eigenvalue weighted by atomic mass is 15.3. The highest BCUT2D eigenvalue weighted by Crippen LogP contribution is 2.46. The summed E-state index contributed by atoms with van der Waals surface area (Å²) in [5.41, 5.74) is 9.34. The van der Waals surface area contributed by atoms with Gasteiger partial charge in [0, 0.05) is 12.7 Å². The molecule has 1 aromatic rings. The minimum Gasteiger partial charge on any atom is -0.330 e. The molecule has 0 bridgehead atoms. The first-order valence-corrected chi connectivity index (χ1v) is 7.95. The lowest BCUT2D eigenvalue weighted by atomic mass is 9.62. The Morgan fingerprint density at radius 1 is 1.35 bits per heavy atom. The second-order valence-electron chi connectivity index (χ2n) is 7.92. The highest BCUT2D eigenvalue weighted by Gasteiger charge is 2.38. The zero-order chi connectivity index (χ0) is 15.0. The van der Waals surface area contributed by atoms with Crippen LogP contribution in [0.2, 0.25) is 0 Å². The molecule has 0 spiro atoms. The smallest absolute Gasteiger partial charge is 0.0596 e. The Hall–Kier alpha value is -0.830. The Morgan fingerprint density at radius 2 is 1.95 bits per heavy atom. The van der Waals surface area contributed by atoms with Gasteiger partial charge in [0.05, 0.1) is 5.69 Å². The van der Waals surface area contributed by atoms with Crippen molar-refractivity contribution in [3.63, 3.8) is 0 Å². The molecule has 20 heavy (non-hydrogen) atoms. The molecule has 1 aromatic heterocycles. The maximum absolute atomic E-state index is 6.17. The van der Waals surface area contributed by atoms with E-state index in [-0.39, 0.29) is 0 Å². The molecule has 2 rings (SSSR count). The minimum absolute atomic E-state index is 0.294. The molecule has 1 aliphatic rings. The van der Waals surface area contributed by atoms with E-state index in [1.54, 1.807) is 0 Å². The van der Waals surface area contributed by atoms with Gasteiger partial charge in [0.15, 0.2) is 0 Å². The van der Waals surface area contributed by atoms with Gasteiger partial charge >= 0.3 is 0 Å². The van der Waals surface area contributed by atoms with Gasteiger partial charge in [-0.25, -0.2) is 0 Å². The second-order valence-corrected chi connectivity index (χ2v) is 7.92. The lowest BCUT2D eigenvalue weighted by Gasteiger charge is -2.43. The van der Waals surface area contributed by atoms with Crippen molar-refractivity contribution in [3.8, 4) is 0 Å². The lowest BCUT2D eigenvalue weighted by Crippen LogP contribution is -2.39. The molecule has 0 amide bonds. The molecule has 0 radical (unpaired) electrons. The average molecular weight is 277 g/mol. The monoisotopic (exact) mass is 277 g/mol. The Morgan fingerprint density at radius 3 is 2.35 bits per heavy atom. The lowest BCUT2D eigenvalue weighted by molar-refractivity contribution is 0.0913. The van der Waals surface area contributed by atoms with E-state index >= 15 is 0 Å².